The predicted octanol–water partition coefficient (Wildman–Crippen LogP) is 2.89. The van der Waals surface area contributed by atoms with Crippen LogP contribution in [-0.2, 0) is 0 Å². The molecular weight excluding hydrogens is 232 g/mol. The minimum Gasteiger partial charge on any atom is -0.317 e. The van der Waals surface area contributed by atoms with Crippen molar-refractivity contribution in [2.45, 2.75) is 57.4 Å². The predicted molar refractivity (Wildman–Crippen MR) is 79.1 cm³/mol. The Morgan fingerprint density at radius 1 is 0.947 bits per heavy atom. The summed E-state index contributed by atoms with van der Waals surface area (Å²) in [5.74, 6) is 3.31. The van der Waals surface area contributed by atoms with Crippen molar-refractivity contribution in [3.63, 3.8) is 0 Å². The Morgan fingerprint density at radius 3 is 2.00 bits per heavy atom. The SMILES string of the molecule is CN(CC12CC3CC(CC(C3)C1)C2)C1CCNCC1. The first-order chi connectivity index (χ1) is 9.22. The summed E-state index contributed by atoms with van der Waals surface area (Å²) in [4.78, 5) is 2.74. The van der Waals surface area contributed by atoms with E-state index in [1.807, 2.05) is 0 Å². The third kappa shape index (κ3) is 2.35. The third-order valence-corrected chi connectivity index (χ3v) is 6.68. The van der Waals surface area contributed by atoms with Gasteiger partial charge in [-0.05, 0) is 94.7 Å². The van der Waals surface area contributed by atoms with E-state index in [4.69, 9.17) is 0 Å². The van der Waals surface area contributed by atoms with E-state index in [9.17, 15) is 0 Å². The zero-order valence-electron chi connectivity index (χ0n) is 12.5. The second kappa shape index (κ2) is 4.73. The average Bonchev–Trinajstić information content (AvgIpc) is 2.37. The van der Waals surface area contributed by atoms with Gasteiger partial charge in [0.25, 0.3) is 0 Å². The Kier molecular flexibility index (Phi) is 3.15. The lowest BCUT2D eigenvalue weighted by Crippen LogP contribution is -2.53. The first-order valence-corrected chi connectivity index (χ1v) is 8.63. The van der Waals surface area contributed by atoms with Gasteiger partial charge in [0.2, 0.25) is 0 Å². The Morgan fingerprint density at radius 2 is 1.47 bits per heavy atom. The molecule has 1 saturated heterocycles. The highest BCUT2D eigenvalue weighted by Gasteiger charge is 2.51. The van der Waals surface area contributed by atoms with E-state index >= 15 is 0 Å². The molecule has 4 bridgehead atoms. The molecule has 0 radical (unpaired) electrons. The summed E-state index contributed by atoms with van der Waals surface area (Å²) in [6.07, 6.45) is 12.2. The summed E-state index contributed by atoms with van der Waals surface area (Å²) in [5, 5.41) is 3.50. The smallest absolute Gasteiger partial charge is 0.0117 e. The number of hydrogen-bond acceptors (Lipinski definition) is 2. The van der Waals surface area contributed by atoms with Crippen molar-refractivity contribution in [3.05, 3.63) is 0 Å². The van der Waals surface area contributed by atoms with Crippen LogP contribution >= 0.6 is 0 Å². The summed E-state index contributed by atoms with van der Waals surface area (Å²) in [5.41, 5.74) is 0.731. The van der Waals surface area contributed by atoms with Gasteiger partial charge in [0.05, 0.1) is 0 Å². The minimum atomic E-state index is 0.731. The molecule has 108 valence electrons. The molecule has 1 aliphatic heterocycles. The molecule has 19 heavy (non-hydrogen) atoms. The van der Waals surface area contributed by atoms with Crippen LogP contribution in [-0.4, -0.2) is 37.6 Å². The molecule has 0 unspecified atom stereocenters. The van der Waals surface area contributed by atoms with Crippen LogP contribution in [0, 0.1) is 23.2 Å². The maximum absolute atomic E-state index is 3.50. The van der Waals surface area contributed by atoms with E-state index < -0.39 is 0 Å². The summed E-state index contributed by atoms with van der Waals surface area (Å²) in [6.45, 7) is 3.87. The van der Waals surface area contributed by atoms with E-state index in [1.165, 1.54) is 32.5 Å². The van der Waals surface area contributed by atoms with Gasteiger partial charge >= 0.3 is 0 Å². The van der Waals surface area contributed by atoms with Crippen molar-refractivity contribution in [2.75, 3.05) is 26.7 Å². The van der Waals surface area contributed by atoms with Crippen LogP contribution in [0.25, 0.3) is 0 Å². The molecule has 1 heterocycles. The molecule has 0 spiro atoms. The van der Waals surface area contributed by atoms with E-state index in [0.717, 1.165) is 29.2 Å². The molecule has 0 aromatic rings. The number of nitrogens with one attached hydrogen (secondary N) is 1. The van der Waals surface area contributed by atoms with Crippen molar-refractivity contribution in [1.29, 1.82) is 0 Å². The minimum absolute atomic E-state index is 0.731. The van der Waals surface area contributed by atoms with Crippen molar-refractivity contribution in [1.82, 2.24) is 10.2 Å². The van der Waals surface area contributed by atoms with Gasteiger partial charge in [-0.3, -0.25) is 0 Å². The highest BCUT2D eigenvalue weighted by atomic mass is 15.1. The molecule has 0 aromatic heterocycles. The molecular formula is C17H30N2. The van der Waals surface area contributed by atoms with E-state index in [0.29, 0.717) is 0 Å². The zero-order valence-corrected chi connectivity index (χ0v) is 12.5. The molecule has 5 aliphatic rings. The monoisotopic (exact) mass is 262 g/mol. The highest BCUT2D eigenvalue weighted by Crippen LogP contribution is 2.60. The largest absolute Gasteiger partial charge is 0.317 e. The van der Waals surface area contributed by atoms with Crippen LogP contribution in [0.3, 0.4) is 0 Å². The molecule has 0 amide bonds. The summed E-state index contributed by atoms with van der Waals surface area (Å²) < 4.78 is 0. The van der Waals surface area contributed by atoms with Crippen molar-refractivity contribution < 1.29 is 0 Å². The lowest BCUT2D eigenvalue weighted by atomic mass is 9.49. The topological polar surface area (TPSA) is 15.3 Å². The van der Waals surface area contributed by atoms with E-state index in [-0.39, 0.29) is 0 Å². The maximum Gasteiger partial charge on any atom is 0.0117 e. The second-order valence-corrected chi connectivity index (χ2v) is 8.31. The Labute approximate surface area is 118 Å². The van der Waals surface area contributed by atoms with Gasteiger partial charge in [0.1, 0.15) is 0 Å². The molecule has 4 saturated carbocycles. The lowest BCUT2D eigenvalue weighted by molar-refractivity contribution is -0.0719. The molecule has 0 aromatic carbocycles. The Balaban J connectivity index is 1.44. The fourth-order valence-corrected chi connectivity index (χ4v) is 6.39. The van der Waals surface area contributed by atoms with Crippen LogP contribution in [0.1, 0.15) is 51.4 Å². The molecule has 4 aliphatic carbocycles. The maximum atomic E-state index is 3.50. The zero-order chi connectivity index (χ0) is 12.9. The van der Waals surface area contributed by atoms with E-state index in [1.54, 1.807) is 38.5 Å². The normalized spacial score (nSPS) is 46.1. The number of rotatable bonds is 3. The Bertz CT molecular complexity index is 297. The molecule has 0 atom stereocenters. The van der Waals surface area contributed by atoms with Crippen LogP contribution in [0.4, 0.5) is 0 Å². The van der Waals surface area contributed by atoms with Crippen LogP contribution < -0.4 is 5.32 Å². The van der Waals surface area contributed by atoms with Gasteiger partial charge in [-0.1, -0.05) is 0 Å². The quantitative estimate of drug-likeness (QED) is 0.841. The Hall–Kier alpha value is -0.0800. The van der Waals surface area contributed by atoms with Crippen molar-refractivity contribution in [3.8, 4) is 0 Å². The second-order valence-electron chi connectivity index (χ2n) is 8.31. The van der Waals surface area contributed by atoms with Crippen LogP contribution in [0.2, 0.25) is 0 Å². The number of nitrogens with zero attached hydrogens (tertiary/aromatic N) is 1. The summed E-state index contributed by atoms with van der Waals surface area (Å²) in [7, 11) is 2.41. The van der Waals surface area contributed by atoms with Crippen molar-refractivity contribution >= 4 is 0 Å². The molecule has 1 N–H and O–H groups in total. The first-order valence-electron chi connectivity index (χ1n) is 8.63. The summed E-state index contributed by atoms with van der Waals surface area (Å²) >= 11 is 0. The van der Waals surface area contributed by atoms with Crippen molar-refractivity contribution in [2.24, 2.45) is 23.2 Å². The van der Waals surface area contributed by atoms with Gasteiger partial charge in [-0.2, -0.15) is 0 Å². The molecule has 5 fully saturated rings. The van der Waals surface area contributed by atoms with E-state index in [2.05, 4.69) is 17.3 Å². The van der Waals surface area contributed by atoms with Crippen LogP contribution in [0.15, 0.2) is 0 Å². The molecule has 5 rings (SSSR count). The van der Waals surface area contributed by atoms with Crippen LogP contribution in [0.5, 0.6) is 0 Å². The highest BCUT2D eigenvalue weighted by molar-refractivity contribution is 5.02. The fraction of sp³-hybridized carbons (Fsp3) is 1.00. The number of piperidine rings is 1. The number of hydrogen-bond donors (Lipinski definition) is 1. The standard InChI is InChI=1S/C17H30N2/c1-19(16-2-4-18-5-3-16)12-17-9-13-6-14(10-17)8-15(7-13)11-17/h13-16,18H,2-12H2,1H3. The first kappa shape index (κ1) is 12.6. The molecule has 2 nitrogen and oxygen atoms in total. The average molecular weight is 262 g/mol. The third-order valence-electron chi connectivity index (χ3n) is 6.68. The molecule has 2 heteroatoms. The lowest BCUT2D eigenvalue weighted by Gasteiger charge is -2.58. The van der Waals surface area contributed by atoms with Gasteiger partial charge < -0.3 is 10.2 Å². The van der Waals surface area contributed by atoms with Gasteiger partial charge in [0, 0.05) is 12.6 Å². The van der Waals surface area contributed by atoms with Gasteiger partial charge in [0.15, 0.2) is 0 Å². The fourth-order valence-electron chi connectivity index (χ4n) is 6.39. The van der Waals surface area contributed by atoms with Gasteiger partial charge in [-0.25, -0.2) is 0 Å². The van der Waals surface area contributed by atoms with Gasteiger partial charge in [-0.15, -0.1) is 0 Å². The summed E-state index contributed by atoms with van der Waals surface area (Å²) in [6, 6.07) is 0.856.